The molecule has 2 aromatic heterocycles. The first kappa shape index (κ1) is 13.4. The Bertz CT molecular complexity index is 732. The van der Waals surface area contributed by atoms with Gasteiger partial charge in [-0.05, 0) is 6.07 Å². The highest BCUT2D eigenvalue weighted by atomic mass is 35.5. The molecule has 9 nitrogen and oxygen atoms in total. The summed E-state index contributed by atoms with van der Waals surface area (Å²) in [5.41, 5.74) is -1.35. The highest BCUT2D eigenvalue weighted by Crippen LogP contribution is 2.25. The second-order valence-corrected chi connectivity index (χ2v) is 3.86. The van der Waals surface area contributed by atoms with Gasteiger partial charge in [-0.1, -0.05) is 11.6 Å². The molecule has 0 atom stereocenters. The van der Waals surface area contributed by atoms with E-state index in [1.807, 2.05) is 6.07 Å². The monoisotopic (exact) mass is 293 g/mol. The number of carboxylic acid groups (broad SMARTS) is 1. The lowest BCUT2D eigenvalue weighted by atomic mass is 10.3. The fraction of sp³-hybridized carbons (Fsp3) is 0. The number of carboxylic acids is 1. The number of halogens is 1. The maximum atomic E-state index is 10.9. The summed E-state index contributed by atoms with van der Waals surface area (Å²) in [5.74, 6) is -1.62. The summed E-state index contributed by atoms with van der Waals surface area (Å²) in [5, 5.41) is 31.9. The number of nitriles is 1. The second-order valence-electron chi connectivity index (χ2n) is 3.48. The molecule has 2 heterocycles. The summed E-state index contributed by atoms with van der Waals surface area (Å²) in [6, 6.07) is 3.16. The van der Waals surface area contributed by atoms with Gasteiger partial charge in [0.15, 0.2) is 5.82 Å². The Morgan fingerprint density at radius 1 is 1.60 bits per heavy atom. The third kappa shape index (κ3) is 2.15. The van der Waals surface area contributed by atoms with Gasteiger partial charge in [-0.15, -0.1) is 0 Å². The van der Waals surface area contributed by atoms with Gasteiger partial charge in [0.2, 0.25) is 5.69 Å². The van der Waals surface area contributed by atoms with E-state index in [0.717, 1.165) is 10.9 Å². The first-order valence-corrected chi connectivity index (χ1v) is 5.35. The van der Waals surface area contributed by atoms with E-state index >= 15 is 0 Å². The molecule has 2 rings (SSSR count). The molecule has 1 N–H and O–H groups in total. The molecule has 2 aromatic rings. The lowest BCUT2D eigenvalue weighted by molar-refractivity contribution is -0.385. The number of nitrogens with zero attached hydrogens (tertiary/aromatic N) is 5. The Balaban J connectivity index is 2.66. The smallest absolute Gasteiger partial charge is 0.363 e. The van der Waals surface area contributed by atoms with Crippen molar-refractivity contribution in [1.82, 2.24) is 14.8 Å². The van der Waals surface area contributed by atoms with Crippen LogP contribution in [0.5, 0.6) is 0 Å². The molecule has 0 aliphatic heterocycles. The number of rotatable bonds is 3. The Kier molecular flexibility index (Phi) is 3.32. The van der Waals surface area contributed by atoms with Gasteiger partial charge in [-0.25, -0.2) is 14.5 Å². The maximum Gasteiger partial charge on any atom is 0.363 e. The van der Waals surface area contributed by atoms with E-state index in [1.165, 1.54) is 12.3 Å². The highest BCUT2D eigenvalue weighted by molar-refractivity contribution is 6.33. The SMILES string of the molecule is N#Cc1ccnc(-n2cc([N+](=O)[O-])c(C(=O)O)n2)c1Cl. The molecule has 20 heavy (non-hydrogen) atoms. The Morgan fingerprint density at radius 2 is 2.30 bits per heavy atom. The lowest BCUT2D eigenvalue weighted by Crippen LogP contribution is -2.04. The van der Waals surface area contributed by atoms with Crippen LogP contribution in [0.2, 0.25) is 5.02 Å². The summed E-state index contributed by atoms with van der Waals surface area (Å²) < 4.78 is 0.852. The zero-order chi connectivity index (χ0) is 14.9. The minimum Gasteiger partial charge on any atom is -0.476 e. The van der Waals surface area contributed by atoms with Crippen molar-refractivity contribution in [2.75, 3.05) is 0 Å². The van der Waals surface area contributed by atoms with Crippen molar-refractivity contribution < 1.29 is 14.8 Å². The van der Waals surface area contributed by atoms with Gasteiger partial charge >= 0.3 is 11.7 Å². The average Bonchev–Trinajstić information content (AvgIpc) is 2.84. The minimum absolute atomic E-state index is 0.0682. The topological polar surface area (TPSA) is 135 Å². The van der Waals surface area contributed by atoms with Gasteiger partial charge in [0.25, 0.3) is 0 Å². The zero-order valence-electron chi connectivity index (χ0n) is 9.52. The molecule has 0 radical (unpaired) electrons. The van der Waals surface area contributed by atoms with E-state index in [0.29, 0.717) is 0 Å². The van der Waals surface area contributed by atoms with Crippen molar-refractivity contribution in [1.29, 1.82) is 5.26 Å². The molecule has 0 amide bonds. The van der Waals surface area contributed by atoms with Gasteiger partial charge in [0.05, 0.1) is 10.5 Å². The van der Waals surface area contributed by atoms with Gasteiger partial charge in [0.1, 0.15) is 17.3 Å². The molecule has 0 aliphatic rings. The number of aromatic nitrogens is 3. The van der Waals surface area contributed by atoms with Crippen LogP contribution in [0.3, 0.4) is 0 Å². The largest absolute Gasteiger partial charge is 0.476 e. The van der Waals surface area contributed by atoms with Crippen LogP contribution in [0.15, 0.2) is 18.5 Å². The first-order chi connectivity index (χ1) is 9.45. The number of hydrogen-bond donors (Lipinski definition) is 1. The lowest BCUT2D eigenvalue weighted by Gasteiger charge is -2.02. The van der Waals surface area contributed by atoms with E-state index < -0.39 is 22.3 Å². The molecule has 0 fully saturated rings. The number of hydrogen-bond acceptors (Lipinski definition) is 6. The van der Waals surface area contributed by atoms with Crippen molar-refractivity contribution in [3.8, 4) is 11.9 Å². The van der Waals surface area contributed by atoms with Crippen molar-refractivity contribution in [3.63, 3.8) is 0 Å². The van der Waals surface area contributed by atoms with Crippen LogP contribution in [-0.2, 0) is 0 Å². The van der Waals surface area contributed by atoms with E-state index in [2.05, 4.69) is 10.1 Å². The quantitative estimate of drug-likeness (QED) is 0.667. The average molecular weight is 294 g/mol. The van der Waals surface area contributed by atoms with Crippen molar-refractivity contribution in [3.05, 3.63) is 44.9 Å². The summed E-state index contributed by atoms with van der Waals surface area (Å²) in [6.45, 7) is 0. The summed E-state index contributed by atoms with van der Waals surface area (Å²) in [7, 11) is 0. The van der Waals surface area contributed by atoms with E-state index in [4.69, 9.17) is 22.0 Å². The number of pyridine rings is 1. The van der Waals surface area contributed by atoms with Crippen LogP contribution in [-0.4, -0.2) is 30.8 Å². The van der Waals surface area contributed by atoms with Crippen LogP contribution < -0.4 is 0 Å². The van der Waals surface area contributed by atoms with E-state index in [1.54, 1.807) is 0 Å². The normalized spacial score (nSPS) is 10.0. The third-order valence-corrected chi connectivity index (χ3v) is 2.68. The Labute approximate surface area is 115 Å². The predicted molar refractivity (Wildman–Crippen MR) is 64.7 cm³/mol. The van der Waals surface area contributed by atoms with Crippen LogP contribution >= 0.6 is 11.6 Å². The second kappa shape index (κ2) is 4.94. The number of nitro groups is 1. The molecule has 0 aliphatic carbocycles. The van der Waals surface area contributed by atoms with E-state index in [-0.39, 0.29) is 16.4 Å². The van der Waals surface area contributed by atoms with E-state index in [9.17, 15) is 14.9 Å². The van der Waals surface area contributed by atoms with Gasteiger partial charge in [-0.3, -0.25) is 10.1 Å². The van der Waals surface area contributed by atoms with Crippen LogP contribution in [0.1, 0.15) is 16.1 Å². The fourth-order valence-electron chi connectivity index (χ4n) is 1.44. The van der Waals surface area contributed by atoms with Gasteiger partial charge in [-0.2, -0.15) is 10.4 Å². The molecule has 100 valence electrons. The molecule has 0 bridgehead atoms. The summed E-state index contributed by atoms with van der Waals surface area (Å²) in [4.78, 5) is 24.6. The molecular weight excluding hydrogens is 290 g/mol. The van der Waals surface area contributed by atoms with Crippen molar-refractivity contribution in [2.45, 2.75) is 0 Å². The highest BCUT2D eigenvalue weighted by Gasteiger charge is 2.26. The standard InChI is InChI=1S/C10H4ClN5O4/c11-7-5(3-12)1-2-13-9(7)15-4-6(16(19)20)8(14-15)10(17)18/h1-2,4H,(H,17,18). The molecule has 0 aromatic carbocycles. The zero-order valence-corrected chi connectivity index (χ0v) is 10.3. The Hall–Kier alpha value is -2.99. The number of carbonyl (C=O) groups is 1. The molecule has 10 heteroatoms. The third-order valence-electron chi connectivity index (χ3n) is 2.30. The van der Waals surface area contributed by atoms with Gasteiger partial charge in [0, 0.05) is 6.20 Å². The summed E-state index contributed by atoms with van der Waals surface area (Å²) in [6.07, 6.45) is 2.13. The molecule has 0 spiro atoms. The van der Waals surface area contributed by atoms with Crippen molar-refractivity contribution >= 4 is 23.3 Å². The van der Waals surface area contributed by atoms with Gasteiger partial charge < -0.3 is 5.11 Å². The van der Waals surface area contributed by atoms with Crippen LogP contribution in [0, 0.1) is 21.4 Å². The molecular formula is C10H4ClN5O4. The fourth-order valence-corrected chi connectivity index (χ4v) is 1.68. The first-order valence-electron chi connectivity index (χ1n) is 4.98. The molecule has 0 saturated carbocycles. The predicted octanol–water partition coefficient (Wildman–Crippen LogP) is 1.40. The van der Waals surface area contributed by atoms with Crippen LogP contribution in [0.4, 0.5) is 5.69 Å². The van der Waals surface area contributed by atoms with Crippen molar-refractivity contribution in [2.24, 2.45) is 0 Å². The Morgan fingerprint density at radius 3 is 2.80 bits per heavy atom. The maximum absolute atomic E-state index is 10.9. The number of aromatic carboxylic acids is 1. The molecule has 0 unspecified atom stereocenters. The minimum atomic E-state index is -1.55. The summed E-state index contributed by atoms with van der Waals surface area (Å²) >= 11 is 5.90. The van der Waals surface area contributed by atoms with Crippen LogP contribution in [0.25, 0.3) is 5.82 Å². The molecule has 0 saturated heterocycles.